The standard InChI is InChI=1S/C14H17N3O2S/c18-14(8-12-2-1-7-20-12)15-4-5-17-13-3-6-19-10-11(13)9-16-17/h1-2,7,9H,3-6,8,10H2,(H,15,18). The molecule has 2 aromatic rings. The fraction of sp³-hybridized carbons (Fsp3) is 0.429. The van der Waals surface area contributed by atoms with E-state index in [2.05, 4.69) is 10.4 Å². The summed E-state index contributed by atoms with van der Waals surface area (Å²) in [6, 6.07) is 3.94. The highest BCUT2D eigenvalue weighted by atomic mass is 32.1. The zero-order valence-electron chi connectivity index (χ0n) is 11.2. The van der Waals surface area contributed by atoms with E-state index in [0.29, 0.717) is 26.1 Å². The van der Waals surface area contributed by atoms with E-state index in [1.807, 2.05) is 28.4 Å². The highest BCUT2D eigenvalue weighted by Crippen LogP contribution is 2.15. The Balaban J connectivity index is 1.48. The molecule has 1 aliphatic rings. The monoisotopic (exact) mass is 291 g/mol. The molecule has 1 amide bonds. The Morgan fingerprint density at radius 3 is 3.35 bits per heavy atom. The third-order valence-electron chi connectivity index (χ3n) is 3.34. The minimum absolute atomic E-state index is 0.0665. The molecule has 0 aliphatic carbocycles. The Hall–Kier alpha value is -1.66. The molecular formula is C14H17N3O2S. The van der Waals surface area contributed by atoms with Crippen molar-refractivity contribution in [2.45, 2.75) is 26.0 Å². The summed E-state index contributed by atoms with van der Waals surface area (Å²) >= 11 is 1.61. The fourth-order valence-electron chi connectivity index (χ4n) is 2.34. The molecule has 6 heteroatoms. The van der Waals surface area contributed by atoms with Crippen LogP contribution < -0.4 is 5.32 Å². The van der Waals surface area contributed by atoms with Crippen molar-refractivity contribution in [2.75, 3.05) is 13.2 Å². The van der Waals surface area contributed by atoms with Crippen LogP contribution in [0.25, 0.3) is 0 Å². The van der Waals surface area contributed by atoms with Crippen LogP contribution in [-0.2, 0) is 35.5 Å². The minimum Gasteiger partial charge on any atom is -0.376 e. The van der Waals surface area contributed by atoms with E-state index in [4.69, 9.17) is 4.74 Å². The van der Waals surface area contributed by atoms with Gasteiger partial charge in [0.25, 0.3) is 0 Å². The summed E-state index contributed by atoms with van der Waals surface area (Å²) in [4.78, 5) is 12.9. The lowest BCUT2D eigenvalue weighted by Crippen LogP contribution is -2.29. The molecule has 2 aromatic heterocycles. The third kappa shape index (κ3) is 3.08. The van der Waals surface area contributed by atoms with Crippen molar-refractivity contribution in [3.63, 3.8) is 0 Å². The van der Waals surface area contributed by atoms with E-state index in [1.54, 1.807) is 11.3 Å². The number of thiophene rings is 1. The van der Waals surface area contributed by atoms with Gasteiger partial charge in [0.1, 0.15) is 0 Å². The van der Waals surface area contributed by atoms with Gasteiger partial charge in [0.15, 0.2) is 0 Å². The van der Waals surface area contributed by atoms with Crippen molar-refractivity contribution in [3.05, 3.63) is 39.8 Å². The van der Waals surface area contributed by atoms with Crippen LogP contribution in [0.4, 0.5) is 0 Å². The van der Waals surface area contributed by atoms with Crippen molar-refractivity contribution in [1.82, 2.24) is 15.1 Å². The summed E-state index contributed by atoms with van der Waals surface area (Å²) in [7, 11) is 0. The smallest absolute Gasteiger partial charge is 0.225 e. The van der Waals surface area contributed by atoms with Gasteiger partial charge in [-0.1, -0.05) is 6.07 Å². The van der Waals surface area contributed by atoms with Gasteiger partial charge in [0.05, 0.1) is 32.4 Å². The lowest BCUT2D eigenvalue weighted by Gasteiger charge is -2.14. The Morgan fingerprint density at radius 1 is 1.55 bits per heavy atom. The van der Waals surface area contributed by atoms with Crippen LogP contribution in [0.5, 0.6) is 0 Å². The van der Waals surface area contributed by atoms with E-state index in [-0.39, 0.29) is 5.91 Å². The summed E-state index contributed by atoms with van der Waals surface area (Å²) in [5.74, 6) is 0.0665. The fourth-order valence-corrected chi connectivity index (χ4v) is 3.04. The molecule has 0 fully saturated rings. The topological polar surface area (TPSA) is 56.2 Å². The first-order valence-corrected chi connectivity index (χ1v) is 7.61. The number of nitrogens with one attached hydrogen (secondary N) is 1. The predicted octanol–water partition coefficient (Wildman–Crippen LogP) is 1.38. The molecule has 0 unspecified atom stereocenters. The van der Waals surface area contributed by atoms with Gasteiger partial charge in [-0.2, -0.15) is 5.10 Å². The summed E-state index contributed by atoms with van der Waals surface area (Å²) in [6.45, 7) is 2.73. The number of hydrogen-bond donors (Lipinski definition) is 1. The number of hydrogen-bond acceptors (Lipinski definition) is 4. The molecule has 106 valence electrons. The van der Waals surface area contributed by atoms with Gasteiger partial charge in [-0.05, 0) is 11.4 Å². The molecule has 0 bridgehead atoms. The Morgan fingerprint density at radius 2 is 2.50 bits per heavy atom. The summed E-state index contributed by atoms with van der Waals surface area (Å²) in [5.41, 5.74) is 2.41. The lowest BCUT2D eigenvalue weighted by atomic mass is 10.2. The van der Waals surface area contributed by atoms with Crippen LogP contribution in [-0.4, -0.2) is 28.8 Å². The zero-order chi connectivity index (χ0) is 13.8. The molecule has 0 radical (unpaired) electrons. The second-order valence-corrected chi connectivity index (χ2v) is 5.78. The molecule has 1 N–H and O–H groups in total. The molecular weight excluding hydrogens is 274 g/mol. The van der Waals surface area contributed by atoms with Crippen molar-refractivity contribution in [3.8, 4) is 0 Å². The second-order valence-electron chi connectivity index (χ2n) is 4.75. The van der Waals surface area contributed by atoms with E-state index in [9.17, 15) is 4.79 Å². The van der Waals surface area contributed by atoms with E-state index in [0.717, 1.165) is 17.9 Å². The Kier molecular flexibility index (Phi) is 4.13. The van der Waals surface area contributed by atoms with E-state index in [1.165, 1.54) is 11.3 Å². The van der Waals surface area contributed by atoms with Crippen LogP contribution in [0.3, 0.4) is 0 Å². The second kappa shape index (κ2) is 6.19. The molecule has 5 nitrogen and oxygen atoms in total. The van der Waals surface area contributed by atoms with Crippen LogP contribution >= 0.6 is 11.3 Å². The normalized spacial score (nSPS) is 14.0. The highest BCUT2D eigenvalue weighted by Gasteiger charge is 2.15. The molecule has 0 spiro atoms. The van der Waals surface area contributed by atoms with Gasteiger partial charge in [-0.3, -0.25) is 9.48 Å². The maximum Gasteiger partial charge on any atom is 0.225 e. The molecule has 3 heterocycles. The van der Waals surface area contributed by atoms with E-state index >= 15 is 0 Å². The van der Waals surface area contributed by atoms with Crippen LogP contribution in [0, 0.1) is 0 Å². The van der Waals surface area contributed by atoms with Crippen LogP contribution in [0.2, 0.25) is 0 Å². The first-order valence-electron chi connectivity index (χ1n) is 6.73. The first kappa shape index (κ1) is 13.3. The van der Waals surface area contributed by atoms with Gasteiger partial charge < -0.3 is 10.1 Å². The largest absolute Gasteiger partial charge is 0.376 e. The highest BCUT2D eigenvalue weighted by molar-refractivity contribution is 7.10. The molecule has 0 saturated heterocycles. The molecule has 0 atom stereocenters. The molecule has 20 heavy (non-hydrogen) atoms. The molecule has 1 aliphatic heterocycles. The maximum absolute atomic E-state index is 11.8. The number of ether oxygens (including phenoxy) is 1. The van der Waals surface area contributed by atoms with Crippen molar-refractivity contribution in [2.24, 2.45) is 0 Å². The molecule has 0 aromatic carbocycles. The van der Waals surface area contributed by atoms with Crippen molar-refractivity contribution < 1.29 is 9.53 Å². The SMILES string of the molecule is O=C(Cc1cccs1)NCCn1ncc2c1CCOC2. The summed E-state index contributed by atoms with van der Waals surface area (Å²) in [6.07, 6.45) is 3.23. The average Bonchev–Trinajstić information content (AvgIpc) is 3.09. The first-order chi connectivity index (χ1) is 9.83. The Labute approximate surface area is 121 Å². The number of aromatic nitrogens is 2. The quantitative estimate of drug-likeness (QED) is 0.905. The predicted molar refractivity (Wildman–Crippen MR) is 76.6 cm³/mol. The number of rotatable bonds is 5. The maximum atomic E-state index is 11.8. The number of nitrogens with zero attached hydrogens (tertiary/aromatic N) is 2. The molecule has 3 rings (SSSR count). The van der Waals surface area contributed by atoms with E-state index < -0.39 is 0 Å². The van der Waals surface area contributed by atoms with Crippen molar-refractivity contribution in [1.29, 1.82) is 0 Å². The Bertz CT molecular complexity index is 577. The zero-order valence-corrected chi connectivity index (χ0v) is 12.0. The number of fused-ring (bicyclic) bond motifs is 1. The van der Waals surface area contributed by atoms with Crippen LogP contribution in [0.1, 0.15) is 16.1 Å². The van der Waals surface area contributed by atoms with Gasteiger partial charge in [-0.25, -0.2) is 0 Å². The molecule has 0 saturated carbocycles. The van der Waals surface area contributed by atoms with Gasteiger partial charge in [0.2, 0.25) is 5.91 Å². The lowest BCUT2D eigenvalue weighted by molar-refractivity contribution is -0.120. The minimum atomic E-state index is 0.0665. The average molecular weight is 291 g/mol. The van der Waals surface area contributed by atoms with Gasteiger partial charge in [-0.15, -0.1) is 11.3 Å². The third-order valence-corrected chi connectivity index (χ3v) is 4.21. The van der Waals surface area contributed by atoms with Crippen molar-refractivity contribution >= 4 is 17.2 Å². The van der Waals surface area contributed by atoms with Gasteiger partial charge in [0, 0.05) is 29.1 Å². The van der Waals surface area contributed by atoms with Gasteiger partial charge >= 0.3 is 0 Å². The van der Waals surface area contributed by atoms with Crippen LogP contribution in [0.15, 0.2) is 23.7 Å². The summed E-state index contributed by atoms with van der Waals surface area (Å²) < 4.78 is 7.36. The number of amides is 1. The summed E-state index contributed by atoms with van der Waals surface area (Å²) in [5, 5.41) is 9.29. The number of carbonyl (C=O) groups is 1. The number of carbonyl (C=O) groups excluding carboxylic acids is 1.